The van der Waals surface area contributed by atoms with Crippen LogP contribution in [0.15, 0.2) is 0 Å². The maximum atomic E-state index is 12.2. The van der Waals surface area contributed by atoms with Crippen LogP contribution < -0.4 is 5.73 Å². The minimum absolute atomic E-state index is 0. The third-order valence-corrected chi connectivity index (χ3v) is 3.86. The van der Waals surface area contributed by atoms with Gasteiger partial charge in [-0.05, 0) is 32.1 Å². The van der Waals surface area contributed by atoms with E-state index in [1.165, 1.54) is 32.1 Å². The lowest BCUT2D eigenvalue weighted by atomic mass is 9.88. The molecule has 0 aromatic carbocycles. The molecule has 2 N–H and O–H groups in total. The van der Waals surface area contributed by atoms with Crippen molar-refractivity contribution in [2.45, 2.75) is 64.3 Å². The molecule has 4 heteroatoms. The van der Waals surface area contributed by atoms with Crippen LogP contribution >= 0.6 is 12.4 Å². The molecule has 1 aliphatic carbocycles. The molecule has 18 heavy (non-hydrogen) atoms. The first-order valence-electron chi connectivity index (χ1n) is 7.02. The summed E-state index contributed by atoms with van der Waals surface area (Å²) in [5.74, 6) is 0.792. The van der Waals surface area contributed by atoms with E-state index in [1.807, 2.05) is 18.9 Å². The number of halogens is 1. The van der Waals surface area contributed by atoms with Gasteiger partial charge in [0, 0.05) is 13.6 Å². The summed E-state index contributed by atoms with van der Waals surface area (Å²) in [6, 6.07) is 0. The average Bonchev–Trinajstić information content (AvgIpc) is 2.29. The van der Waals surface area contributed by atoms with E-state index in [2.05, 4.69) is 6.92 Å². The summed E-state index contributed by atoms with van der Waals surface area (Å²) >= 11 is 0. The van der Waals surface area contributed by atoms with Gasteiger partial charge < -0.3 is 10.6 Å². The Morgan fingerprint density at radius 2 is 1.89 bits per heavy atom. The number of rotatable bonds is 5. The Labute approximate surface area is 118 Å². The molecule has 0 aromatic rings. The number of carbonyl (C=O) groups excluding carboxylic acids is 1. The Hall–Kier alpha value is -0.280. The van der Waals surface area contributed by atoms with Gasteiger partial charge in [0.15, 0.2) is 0 Å². The zero-order valence-corrected chi connectivity index (χ0v) is 12.9. The first-order chi connectivity index (χ1) is 7.97. The zero-order chi connectivity index (χ0) is 12.9. The fourth-order valence-electron chi connectivity index (χ4n) is 2.90. The van der Waals surface area contributed by atoms with Gasteiger partial charge in [-0.15, -0.1) is 12.4 Å². The van der Waals surface area contributed by atoms with Crippen molar-refractivity contribution < 1.29 is 4.79 Å². The smallest absolute Gasteiger partial charge is 0.242 e. The van der Waals surface area contributed by atoms with Crippen molar-refractivity contribution in [3.05, 3.63) is 0 Å². The number of nitrogens with zero attached hydrogens (tertiary/aromatic N) is 1. The van der Waals surface area contributed by atoms with Crippen molar-refractivity contribution in [3.8, 4) is 0 Å². The van der Waals surface area contributed by atoms with Crippen molar-refractivity contribution in [3.63, 3.8) is 0 Å². The van der Waals surface area contributed by atoms with Gasteiger partial charge in [0.1, 0.15) is 0 Å². The highest BCUT2D eigenvalue weighted by Gasteiger charge is 2.31. The van der Waals surface area contributed by atoms with Gasteiger partial charge in [0.05, 0.1) is 5.54 Å². The highest BCUT2D eigenvalue weighted by molar-refractivity contribution is 5.85. The second kappa shape index (κ2) is 8.00. The van der Waals surface area contributed by atoms with Crippen LogP contribution in [0.3, 0.4) is 0 Å². The maximum absolute atomic E-state index is 12.2. The van der Waals surface area contributed by atoms with Gasteiger partial charge >= 0.3 is 0 Å². The zero-order valence-electron chi connectivity index (χ0n) is 12.1. The molecule has 0 spiro atoms. The molecule has 1 atom stereocenters. The van der Waals surface area contributed by atoms with Crippen molar-refractivity contribution >= 4 is 18.3 Å². The van der Waals surface area contributed by atoms with Crippen LogP contribution in [0.4, 0.5) is 0 Å². The molecule has 108 valence electrons. The number of hydrogen-bond donors (Lipinski definition) is 1. The molecular weight excluding hydrogens is 248 g/mol. The molecule has 1 rings (SSSR count). The molecule has 0 radical (unpaired) electrons. The molecular formula is C14H29ClN2O. The minimum Gasteiger partial charge on any atom is -0.344 e. The van der Waals surface area contributed by atoms with Gasteiger partial charge in [-0.25, -0.2) is 0 Å². The summed E-state index contributed by atoms with van der Waals surface area (Å²) < 4.78 is 0. The summed E-state index contributed by atoms with van der Waals surface area (Å²) in [6.45, 7) is 4.81. The monoisotopic (exact) mass is 276 g/mol. The standard InChI is InChI=1S/C14H28N2O.ClH/c1-4-10-14(2,15)13(17)16(3)11-12-8-6-5-7-9-12;/h12H,4-11,15H2,1-3H3;1H. The summed E-state index contributed by atoms with van der Waals surface area (Å²) in [6.07, 6.45) is 8.26. The Morgan fingerprint density at radius 1 is 1.33 bits per heavy atom. The fourth-order valence-corrected chi connectivity index (χ4v) is 2.90. The highest BCUT2D eigenvalue weighted by Crippen LogP contribution is 2.24. The lowest BCUT2D eigenvalue weighted by Crippen LogP contribution is -2.53. The van der Waals surface area contributed by atoms with Crippen LogP contribution in [0.5, 0.6) is 0 Å². The highest BCUT2D eigenvalue weighted by atomic mass is 35.5. The molecule has 1 fully saturated rings. The van der Waals surface area contributed by atoms with E-state index in [0.29, 0.717) is 5.92 Å². The molecule has 0 aromatic heterocycles. The first-order valence-corrected chi connectivity index (χ1v) is 7.02. The molecule has 0 saturated heterocycles. The molecule has 1 unspecified atom stereocenters. The number of likely N-dealkylation sites (N-methyl/N-ethyl adjacent to an activating group) is 1. The van der Waals surface area contributed by atoms with E-state index < -0.39 is 5.54 Å². The predicted octanol–water partition coefficient (Wildman–Crippen LogP) is 2.96. The largest absolute Gasteiger partial charge is 0.344 e. The van der Waals surface area contributed by atoms with E-state index in [1.54, 1.807) is 0 Å². The SMILES string of the molecule is CCCC(C)(N)C(=O)N(C)CC1CCCCC1.Cl. The predicted molar refractivity (Wildman–Crippen MR) is 79.0 cm³/mol. The number of hydrogen-bond acceptors (Lipinski definition) is 2. The Balaban J connectivity index is 0.00000289. The van der Waals surface area contributed by atoms with Crippen LogP contribution in [0.25, 0.3) is 0 Å². The average molecular weight is 277 g/mol. The van der Waals surface area contributed by atoms with E-state index >= 15 is 0 Å². The fraction of sp³-hybridized carbons (Fsp3) is 0.929. The lowest BCUT2D eigenvalue weighted by Gasteiger charge is -2.32. The van der Waals surface area contributed by atoms with Gasteiger partial charge in [-0.3, -0.25) is 4.79 Å². The number of nitrogens with two attached hydrogens (primary N) is 1. The third kappa shape index (κ3) is 5.15. The van der Waals surface area contributed by atoms with Gasteiger partial charge in [0.25, 0.3) is 0 Å². The summed E-state index contributed by atoms with van der Waals surface area (Å²) in [5.41, 5.74) is 5.40. The quantitative estimate of drug-likeness (QED) is 0.839. The van der Waals surface area contributed by atoms with Crippen LogP contribution in [-0.4, -0.2) is 29.9 Å². The van der Waals surface area contributed by atoms with Crippen LogP contribution in [-0.2, 0) is 4.79 Å². The molecule has 3 nitrogen and oxygen atoms in total. The Bertz CT molecular complexity index is 250. The van der Waals surface area contributed by atoms with E-state index in [4.69, 9.17) is 5.73 Å². The lowest BCUT2D eigenvalue weighted by molar-refractivity contribution is -0.136. The van der Waals surface area contributed by atoms with Crippen LogP contribution in [0, 0.1) is 5.92 Å². The molecule has 1 amide bonds. The normalized spacial score (nSPS) is 19.8. The van der Waals surface area contributed by atoms with Crippen LogP contribution in [0.1, 0.15) is 58.8 Å². The van der Waals surface area contributed by atoms with Gasteiger partial charge in [0.2, 0.25) is 5.91 Å². The van der Waals surface area contributed by atoms with Crippen molar-refractivity contribution in [2.24, 2.45) is 11.7 Å². The maximum Gasteiger partial charge on any atom is 0.242 e. The van der Waals surface area contributed by atoms with Crippen molar-refractivity contribution in [1.82, 2.24) is 4.90 Å². The number of carbonyl (C=O) groups is 1. The molecule has 1 saturated carbocycles. The molecule has 0 bridgehead atoms. The summed E-state index contributed by atoms with van der Waals surface area (Å²) in [5, 5.41) is 0. The number of amides is 1. The first kappa shape index (κ1) is 17.7. The second-order valence-corrected chi connectivity index (χ2v) is 5.86. The van der Waals surface area contributed by atoms with Gasteiger partial charge in [-0.2, -0.15) is 0 Å². The molecule has 0 aliphatic heterocycles. The Kier molecular flexibility index (Phi) is 7.88. The minimum atomic E-state index is -0.682. The van der Waals surface area contributed by atoms with Gasteiger partial charge in [-0.1, -0.05) is 32.6 Å². The van der Waals surface area contributed by atoms with E-state index in [-0.39, 0.29) is 18.3 Å². The van der Waals surface area contributed by atoms with Crippen molar-refractivity contribution in [1.29, 1.82) is 0 Å². The topological polar surface area (TPSA) is 46.3 Å². The summed E-state index contributed by atoms with van der Waals surface area (Å²) in [4.78, 5) is 14.1. The molecule has 0 heterocycles. The van der Waals surface area contributed by atoms with Crippen LogP contribution in [0.2, 0.25) is 0 Å². The van der Waals surface area contributed by atoms with E-state index in [9.17, 15) is 4.79 Å². The molecule has 1 aliphatic rings. The Morgan fingerprint density at radius 3 is 2.39 bits per heavy atom. The second-order valence-electron chi connectivity index (χ2n) is 5.86. The summed E-state index contributed by atoms with van der Waals surface area (Å²) in [7, 11) is 1.90. The third-order valence-electron chi connectivity index (χ3n) is 3.86. The van der Waals surface area contributed by atoms with Crippen molar-refractivity contribution in [2.75, 3.05) is 13.6 Å². The van der Waals surface area contributed by atoms with E-state index in [0.717, 1.165) is 19.4 Å².